The van der Waals surface area contributed by atoms with Gasteiger partial charge in [-0.2, -0.15) is 9.97 Å². The fraction of sp³-hybridized carbons (Fsp3) is 0.765. The molecule has 8 nitrogen and oxygen atoms in total. The molecule has 8 heteroatoms. The first-order valence-corrected chi connectivity index (χ1v) is 9.17. The van der Waals surface area contributed by atoms with E-state index in [2.05, 4.69) is 35.6 Å². The zero-order chi connectivity index (χ0) is 18.1. The molecular formula is C17H28N6O2. The van der Waals surface area contributed by atoms with Crippen LogP contribution >= 0.6 is 0 Å². The minimum Gasteiger partial charge on any atom is -0.378 e. The summed E-state index contributed by atoms with van der Waals surface area (Å²) in [7, 11) is 0. The molecule has 138 valence electrons. The summed E-state index contributed by atoms with van der Waals surface area (Å²) < 4.78 is 0. The van der Waals surface area contributed by atoms with Gasteiger partial charge in [0.15, 0.2) is 0 Å². The molecule has 2 atom stereocenters. The summed E-state index contributed by atoms with van der Waals surface area (Å²) in [4.78, 5) is 24.1. The SMILES string of the molecule is CC1CCN(c2nc(N3C[C@H](C)C[C@H](C)C3)nc(N)c2[N+](=O)[O-])CC1. The molecule has 3 heterocycles. The molecule has 2 aliphatic heterocycles. The van der Waals surface area contributed by atoms with Gasteiger partial charge in [0.05, 0.1) is 4.92 Å². The lowest BCUT2D eigenvalue weighted by atomic mass is 9.92. The average molecular weight is 348 g/mol. The normalized spacial score (nSPS) is 25.2. The molecule has 0 bridgehead atoms. The summed E-state index contributed by atoms with van der Waals surface area (Å²) in [5, 5.41) is 11.5. The van der Waals surface area contributed by atoms with Gasteiger partial charge in [-0.3, -0.25) is 10.1 Å². The number of hydrogen-bond acceptors (Lipinski definition) is 7. The summed E-state index contributed by atoms with van der Waals surface area (Å²) >= 11 is 0. The van der Waals surface area contributed by atoms with E-state index >= 15 is 0 Å². The number of hydrogen-bond donors (Lipinski definition) is 1. The summed E-state index contributed by atoms with van der Waals surface area (Å²) in [6.07, 6.45) is 3.19. The highest BCUT2D eigenvalue weighted by Crippen LogP contribution is 2.36. The molecule has 2 N–H and O–H groups in total. The van der Waals surface area contributed by atoms with Crippen molar-refractivity contribution in [3.05, 3.63) is 10.1 Å². The molecule has 1 aromatic rings. The van der Waals surface area contributed by atoms with Crippen molar-refractivity contribution in [2.75, 3.05) is 41.7 Å². The lowest BCUT2D eigenvalue weighted by molar-refractivity contribution is -0.383. The fourth-order valence-electron chi connectivity index (χ4n) is 4.03. The maximum Gasteiger partial charge on any atom is 0.353 e. The van der Waals surface area contributed by atoms with Gasteiger partial charge in [0.2, 0.25) is 17.6 Å². The molecule has 25 heavy (non-hydrogen) atoms. The van der Waals surface area contributed by atoms with Crippen molar-refractivity contribution in [2.24, 2.45) is 17.8 Å². The van der Waals surface area contributed by atoms with Crippen LogP contribution in [0, 0.1) is 27.9 Å². The second kappa shape index (κ2) is 7.01. The van der Waals surface area contributed by atoms with Crippen LogP contribution in [-0.4, -0.2) is 41.1 Å². The molecule has 0 aliphatic carbocycles. The predicted octanol–water partition coefficient (Wildman–Crippen LogP) is 2.69. The van der Waals surface area contributed by atoms with E-state index in [0.717, 1.165) is 39.0 Å². The van der Waals surface area contributed by atoms with Crippen molar-refractivity contribution >= 4 is 23.3 Å². The Balaban J connectivity index is 1.97. The van der Waals surface area contributed by atoms with Crippen molar-refractivity contribution in [2.45, 2.75) is 40.0 Å². The molecule has 0 aromatic carbocycles. The van der Waals surface area contributed by atoms with Gasteiger partial charge in [0.1, 0.15) is 0 Å². The molecule has 2 saturated heterocycles. The number of nitrogen functional groups attached to an aromatic ring is 1. The summed E-state index contributed by atoms with van der Waals surface area (Å²) in [6.45, 7) is 9.89. The van der Waals surface area contributed by atoms with Crippen molar-refractivity contribution in [1.82, 2.24) is 9.97 Å². The highest BCUT2D eigenvalue weighted by Gasteiger charge is 2.32. The first kappa shape index (κ1) is 17.7. The second-order valence-electron chi connectivity index (χ2n) is 7.86. The maximum atomic E-state index is 11.5. The Morgan fingerprint density at radius 3 is 2.20 bits per heavy atom. The van der Waals surface area contributed by atoms with E-state index in [4.69, 9.17) is 5.73 Å². The van der Waals surface area contributed by atoms with Crippen LogP contribution in [0.2, 0.25) is 0 Å². The van der Waals surface area contributed by atoms with Crippen molar-refractivity contribution < 1.29 is 4.92 Å². The third kappa shape index (κ3) is 3.77. The number of piperidine rings is 2. The van der Waals surface area contributed by atoms with Gasteiger partial charge in [-0.25, -0.2) is 0 Å². The number of anilines is 3. The zero-order valence-corrected chi connectivity index (χ0v) is 15.3. The minimum absolute atomic E-state index is 0.0329. The predicted molar refractivity (Wildman–Crippen MR) is 98.9 cm³/mol. The Hall–Kier alpha value is -2.12. The van der Waals surface area contributed by atoms with E-state index in [9.17, 15) is 10.1 Å². The van der Waals surface area contributed by atoms with E-state index in [1.54, 1.807) is 0 Å². The summed E-state index contributed by atoms with van der Waals surface area (Å²) in [5.41, 5.74) is 5.83. The molecule has 1 aromatic heterocycles. The minimum atomic E-state index is -0.450. The van der Waals surface area contributed by atoms with Crippen molar-refractivity contribution in [3.8, 4) is 0 Å². The fourth-order valence-corrected chi connectivity index (χ4v) is 4.03. The first-order chi connectivity index (χ1) is 11.8. The molecule has 0 unspecified atom stereocenters. The molecular weight excluding hydrogens is 320 g/mol. The Morgan fingerprint density at radius 2 is 1.64 bits per heavy atom. The van der Waals surface area contributed by atoms with Gasteiger partial charge in [0, 0.05) is 26.2 Å². The van der Waals surface area contributed by atoms with Crippen molar-refractivity contribution in [1.29, 1.82) is 0 Å². The molecule has 2 fully saturated rings. The molecule has 3 rings (SSSR count). The highest BCUT2D eigenvalue weighted by molar-refractivity contribution is 5.71. The van der Waals surface area contributed by atoms with Gasteiger partial charge < -0.3 is 15.5 Å². The largest absolute Gasteiger partial charge is 0.378 e. The van der Waals surface area contributed by atoms with Crippen LogP contribution < -0.4 is 15.5 Å². The van der Waals surface area contributed by atoms with E-state index in [0.29, 0.717) is 29.5 Å². The first-order valence-electron chi connectivity index (χ1n) is 9.17. The van der Waals surface area contributed by atoms with Crippen LogP contribution in [0.4, 0.5) is 23.3 Å². The molecule has 0 spiro atoms. The lowest BCUT2D eigenvalue weighted by Gasteiger charge is -2.36. The summed E-state index contributed by atoms with van der Waals surface area (Å²) in [6, 6.07) is 0. The topological polar surface area (TPSA) is 101 Å². The van der Waals surface area contributed by atoms with Crippen LogP contribution in [0.5, 0.6) is 0 Å². The van der Waals surface area contributed by atoms with E-state index < -0.39 is 4.92 Å². The lowest BCUT2D eigenvalue weighted by Crippen LogP contribution is -2.40. The number of nitrogens with two attached hydrogens (primary N) is 1. The number of nitrogens with zero attached hydrogens (tertiary/aromatic N) is 5. The average Bonchev–Trinajstić information content (AvgIpc) is 2.53. The van der Waals surface area contributed by atoms with Gasteiger partial charge >= 0.3 is 5.69 Å². The Bertz CT molecular complexity index is 634. The third-order valence-corrected chi connectivity index (χ3v) is 5.30. The van der Waals surface area contributed by atoms with Crippen molar-refractivity contribution in [3.63, 3.8) is 0 Å². The Morgan fingerprint density at radius 1 is 1.04 bits per heavy atom. The van der Waals surface area contributed by atoms with E-state index in [1.165, 1.54) is 6.42 Å². The Labute approximate surface area is 148 Å². The third-order valence-electron chi connectivity index (χ3n) is 5.30. The molecule has 0 amide bonds. The second-order valence-corrected chi connectivity index (χ2v) is 7.86. The monoisotopic (exact) mass is 348 g/mol. The van der Waals surface area contributed by atoms with Crippen LogP contribution in [0.3, 0.4) is 0 Å². The van der Waals surface area contributed by atoms with E-state index in [1.807, 2.05) is 4.90 Å². The maximum absolute atomic E-state index is 11.5. The summed E-state index contributed by atoms with van der Waals surface area (Å²) in [5.74, 6) is 2.60. The quantitative estimate of drug-likeness (QED) is 0.662. The molecule has 0 radical (unpaired) electrons. The van der Waals surface area contributed by atoms with Crippen LogP contribution in [-0.2, 0) is 0 Å². The zero-order valence-electron chi connectivity index (χ0n) is 15.3. The van der Waals surface area contributed by atoms with Gasteiger partial charge in [-0.1, -0.05) is 20.8 Å². The number of rotatable bonds is 3. The van der Waals surface area contributed by atoms with Gasteiger partial charge in [-0.15, -0.1) is 0 Å². The van der Waals surface area contributed by atoms with Crippen LogP contribution in [0.15, 0.2) is 0 Å². The van der Waals surface area contributed by atoms with Gasteiger partial charge in [0.25, 0.3) is 0 Å². The van der Waals surface area contributed by atoms with Gasteiger partial charge in [-0.05, 0) is 37.0 Å². The standard InChI is InChI=1S/C17H28N6O2/c1-11-4-6-21(7-5-11)16-14(23(24)25)15(18)19-17(20-16)22-9-12(2)8-13(3)10-22/h11-13H,4-10H2,1-3H3,(H2,18,19,20)/t12-,13+. The number of aromatic nitrogens is 2. The van der Waals surface area contributed by atoms with Crippen LogP contribution in [0.1, 0.15) is 40.0 Å². The van der Waals surface area contributed by atoms with Crippen LogP contribution in [0.25, 0.3) is 0 Å². The molecule has 0 saturated carbocycles. The highest BCUT2D eigenvalue weighted by atomic mass is 16.6. The number of nitro groups is 1. The Kier molecular flexibility index (Phi) is 4.96. The van der Waals surface area contributed by atoms with E-state index in [-0.39, 0.29) is 11.5 Å². The molecule has 2 aliphatic rings. The smallest absolute Gasteiger partial charge is 0.353 e.